The molecule has 6 heteroatoms. The van der Waals surface area contributed by atoms with Crippen molar-refractivity contribution in [3.8, 4) is 6.07 Å². The quantitative estimate of drug-likeness (QED) is 0.292. The van der Waals surface area contributed by atoms with Gasteiger partial charge in [-0.2, -0.15) is 5.26 Å². The fourth-order valence-electron chi connectivity index (χ4n) is 0.419. The number of aliphatic hydroxyl groups excluding tert-OH is 1. The van der Waals surface area contributed by atoms with Gasteiger partial charge in [0.25, 0.3) is 6.43 Å². The van der Waals surface area contributed by atoms with Crippen LogP contribution < -0.4 is 0 Å². The summed E-state index contributed by atoms with van der Waals surface area (Å²) >= 11 is 0. The molecule has 0 heterocycles. The Labute approximate surface area is 66.7 Å². The topological polar surface area (TPSA) is 70.3 Å². The average Bonchev–Trinajstić information content (AvgIpc) is 2.05. The summed E-state index contributed by atoms with van der Waals surface area (Å²) < 4.78 is 27.4. The number of aliphatic hydroxyl groups is 1. The summed E-state index contributed by atoms with van der Waals surface area (Å²) in [5.74, 6) is -2.85. The van der Waals surface area contributed by atoms with Crippen molar-refractivity contribution in [1.82, 2.24) is 0 Å². The van der Waals surface area contributed by atoms with Crippen molar-refractivity contribution in [2.24, 2.45) is 0 Å². The largest absolute Gasteiger partial charge is 0.505 e. The molecule has 0 bridgehead atoms. The van der Waals surface area contributed by atoms with Gasteiger partial charge in [-0.1, -0.05) is 0 Å². The number of hydrogen-bond donors (Lipinski definition) is 1. The first-order valence-electron chi connectivity index (χ1n) is 2.74. The number of halogens is 2. The number of ether oxygens (including phenoxy) is 1. The lowest BCUT2D eigenvalue weighted by molar-refractivity contribution is -0.136. The molecule has 0 aliphatic rings. The van der Waals surface area contributed by atoms with Crippen LogP contribution in [0.15, 0.2) is 11.3 Å². The van der Waals surface area contributed by atoms with E-state index in [2.05, 4.69) is 4.74 Å². The zero-order chi connectivity index (χ0) is 9.72. The molecule has 0 atom stereocenters. The van der Waals surface area contributed by atoms with E-state index in [0.717, 1.165) is 13.2 Å². The smallest absolute Gasteiger partial charge is 0.352 e. The first kappa shape index (κ1) is 10.4. The Morgan fingerprint density at radius 3 is 2.42 bits per heavy atom. The van der Waals surface area contributed by atoms with Gasteiger partial charge < -0.3 is 9.84 Å². The zero-order valence-electron chi connectivity index (χ0n) is 6.04. The molecule has 0 saturated heterocycles. The van der Waals surface area contributed by atoms with E-state index in [0.29, 0.717) is 0 Å². The van der Waals surface area contributed by atoms with Crippen LogP contribution in [-0.4, -0.2) is 24.6 Å². The molecule has 0 aromatic heterocycles. The van der Waals surface area contributed by atoms with Gasteiger partial charge in [0.1, 0.15) is 6.07 Å². The molecule has 0 aliphatic heterocycles. The normalized spacial score (nSPS) is 11.9. The Kier molecular flexibility index (Phi) is 3.70. The molecular formula is C6H5F2NO3. The van der Waals surface area contributed by atoms with E-state index in [4.69, 9.17) is 10.4 Å². The molecule has 0 amide bonds. The highest BCUT2D eigenvalue weighted by Gasteiger charge is 2.21. The van der Waals surface area contributed by atoms with Gasteiger partial charge in [0.2, 0.25) is 0 Å². The van der Waals surface area contributed by atoms with Crippen LogP contribution in [0.4, 0.5) is 8.78 Å². The van der Waals surface area contributed by atoms with E-state index >= 15 is 0 Å². The van der Waals surface area contributed by atoms with Crippen molar-refractivity contribution < 1.29 is 23.4 Å². The Morgan fingerprint density at radius 2 is 2.17 bits per heavy atom. The SMILES string of the molecule is COC(=O)C(C#N)=C(O)C(F)F. The van der Waals surface area contributed by atoms with E-state index in [1.165, 1.54) is 0 Å². The van der Waals surface area contributed by atoms with E-state index < -0.39 is 23.7 Å². The van der Waals surface area contributed by atoms with Crippen molar-refractivity contribution >= 4 is 5.97 Å². The lowest BCUT2D eigenvalue weighted by Gasteiger charge is -2.00. The van der Waals surface area contributed by atoms with Crippen LogP contribution in [0.25, 0.3) is 0 Å². The molecule has 4 nitrogen and oxygen atoms in total. The monoisotopic (exact) mass is 177 g/mol. The Balaban J connectivity index is 4.90. The predicted octanol–water partition coefficient (Wildman–Crippen LogP) is 0.760. The van der Waals surface area contributed by atoms with E-state index in [1.54, 1.807) is 0 Å². The number of esters is 1. The second kappa shape index (κ2) is 4.28. The van der Waals surface area contributed by atoms with Crippen molar-refractivity contribution in [1.29, 1.82) is 5.26 Å². The van der Waals surface area contributed by atoms with Crippen molar-refractivity contribution in [2.75, 3.05) is 7.11 Å². The average molecular weight is 177 g/mol. The fourth-order valence-corrected chi connectivity index (χ4v) is 0.419. The van der Waals surface area contributed by atoms with Gasteiger partial charge in [0.15, 0.2) is 11.3 Å². The van der Waals surface area contributed by atoms with E-state index in [1.807, 2.05) is 0 Å². The molecule has 0 saturated carbocycles. The maximum atomic E-state index is 11.7. The highest BCUT2D eigenvalue weighted by atomic mass is 19.3. The van der Waals surface area contributed by atoms with Gasteiger partial charge in [-0.25, -0.2) is 13.6 Å². The number of methoxy groups -OCH3 is 1. The van der Waals surface area contributed by atoms with Crippen LogP contribution in [0.1, 0.15) is 0 Å². The molecular weight excluding hydrogens is 172 g/mol. The predicted molar refractivity (Wildman–Crippen MR) is 33.3 cm³/mol. The molecule has 12 heavy (non-hydrogen) atoms. The van der Waals surface area contributed by atoms with Crippen LogP contribution >= 0.6 is 0 Å². The molecule has 0 aliphatic carbocycles. The number of allylic oxidation sites excluding steroid dienone is 1. The molecule has 0 unspecified atom stereocenters. The summed E-state index contributed by atoms with van der Waals surface area (Å²) in [7, 11) is 0.915. The summed E-state index contributed by atoms with van der Waals surface area (Å²) in [6.45, 7) is 0. The van der Waals surface area contributed by atoms with Gasteiger partial charge in [0.05, 0.1) is 7.11 Å². The van der Waals surface area contributed by atoms with Crippen LogP contribution in [0.3, 0.4) is 0 Å². The standard InChI is InChI=1S/C6H5F2NO3/c1-12-6(11)3(2-9)4(10)5(7)8/h5,10H,1H3. The molecule has 66 valence electrons. The first-order valence-corrected chi connectivity index (χ1v) is 2.74. The molecule has 0 fully saturated rings. The number of carbonyl (C=O) groups is 1. The van der Waals surface area contributed by atoms with Crippen molar-refractivity contribution in [3.05, 3.63) is 11.3 Å². The second-order valence-corrected chi connectivity index (χ2v) is 1.66. The number of carbonyl (C=O) groups excluding carboxylic acids is 1. The van der Waals surface area contributed by atoms with Crippen LogP contribution in [0.5, 0.6) is 0 Å². The van der Waals surface area contributed by atoms with Crippen LogP contribution in [0, 0.1) is 11.3 Å². The molecule has 0 aromatic carbocycles. The van der Waals surface area contributed by atoms with Gasteiger partial charge in [-0.3, -0.25) is 0 Å². The molecule has 0 rings (SSSR count). The molecule has 0 spiro atoms. The van der Waals surface area contributed by atoms with Gasteiger partial charge >= 0.3 is 5.97 Å². The number of alkyl halides is 2. The van der Waals surface area contributed by atoms with Gasteiger partial charge in [-0.15, -0.1) is 0 Å². The van der Waals surface area contributed by atoms with Crippen LogP contribution in [-0.2, 0) is 9.53 Å². The third kappa shape index (κ3) is 2.20. The number of rotatable bonds is 2. The molecule has 0 aromatic rings. The maximum Gasteiger partial charge on any atom is 0.352 e. The minimum Gasteiger partial charge on any atom is -0.505 e. The number of hydrogen-bond acceptors (Lipinski definition) is 4. The van der Waals surface area contributed by atoms with E-state index in [-0.39, 0.29) is 0 Å². The van der Waals surface area contributed by atoms with Crippen molar-refractivity contribution in [3.63, 3.8) is 0 Å². The number of nitriles is 1. The lowest BCUT2D eigenvalue weighted by atomic mass is 10.2. The highest BCUT2D eigenvalue weighted by Crippen LogP contribution is 2.11. The third-order valence-corrected chi connectivity index (χ3v) is 0.964. The summed E-state index contributed by atoms with van der Waals surface area (Å²) in [5.41, 5.74) is -1.08. The van der Waals surface area contributed by atoms with Crippen LogP contribution in [0.2, 0.25) is 0 Å². The summed E-state index contributed by atoms with van der Waals surface area (Å²) in [5, 5.41) is 16.6. The molecule has 0 radical (unpaired) electrons. The Morgan fingerprint density at radius 1 is 1.67 bits per heavy atom. The summed E-state index contributed by atoms with van der Waals surface area (Å²) in [6, 6.07) is 1.11. The first-order chi connectivity index (χ1) is 5.54. The fraction of sp³-hybridized carbons (Fsp3) is 0.333. The maximum absolute atomic E-state index is 11.7. The zero-order valence-corrected chi connectivity index (χ0v) is 6.04. The lowest BCUT2D eigenvalue weighted by Crippen LogP contribution is -2.10. The Hall–Kier alpha value is -1.64. The third-order valence-electron chi connectivity index (χ3n) is 0.964. The van der Waals surface area contributed by atoms with Gasteiger partial charge in [0, 0.05) is 0 Å². The minimum atomic E-state index is -3.25. The molecule has 1 N–H and O–H groups in total. The van der Waals surface area contributed by atoms with E-state index in [9.17, 15) is 13.6 Å². The summed E-state index contributed by atoms with van der Waals surface area (Å²) in [4.78, 5) is 10.5. The highest BCUT2D eigenvalue weighted by molar-refractivity contribution is 5.93. The number of nitrogens with zero attached hydrogens (tertiary/aromatic N) is 1. The minimum absolute atomic E-state index is 0.915. The van der Waals surface area contributed by atoms with Crippen molar-refractivity contribution in [2.45, 2.75) is 6.43 Å². The summed E-state index contributed by atoms with van der Waals surface area (Å²) in [6.07, 6.45) is -3.25. The second-order valence-electron chi connectivity index (χ2n) is 1.66. The van der Waals surface area contributed by atoms with Gasteiger partial charge in [-0.05, 0) is 0 Å². The Bertz CT molecular complexity index is 254.